The topological polar surface area (TPSA) is 79.8 Å². The number of halogens is 1. The molecule has 3 rings (SSSR count). The summed E-state index contributed by atoms with van der Waals surface area (Å²) >= 11 is 1.44. The number of anilines is 1. The molecule has 2 amide bonds. The van der Waals surface area contributed by atoms with E-state index in [1.165, 1.54) is 47.8 Å². The Balaban J connectivity index is 1.38. The van der Waals surface area contributed by atoms with Crippen molar-refractivity contribution in [1.82, 2.24) is 5.43 Å². The Hall–Kier alpha value is -3.65. The number of aryl methyl sites for hydroxylation is 1. The molecule has 3 aromatic rings. The number of hydrogen-bond donors (Lipinski definition) is 2. The summed E-state index contributed by atoms with van der Waals surface area (Å²) in [5.41, 5.74) is 4.93. The Labute approximate surface area is 189 Å². The van der Waals surface area contributed by atoms with Gasteiger partial charge in [0.2, 0.25) is 5.91 Å². The third-order valence-corrected chi connectivity index (χ3v) is 5.18. The van der Waals surface area contributed by atoms with Gasteiger partial charge in [0.1, 0.15) is 11.6 Å². The number of nitrogens with one attached hydrogen (secondary N) is 2. The molecule has 0 fully saturated rings. The fourth-order valence-electron chi connectivity index (χ4n) is 2.52. The van der Waals surface area contributed by atoms with Crippen LogP contribution in [0.4, 0.5) is 10.1 Å². The highest BCUT2D eigenvalue weighted by Gasteiger charge is 2.04. The lowest BCUT2D eigenvalue weighted by Gasteiger charge is -2.07. The number of nitrogens with zero attached hydrogens (tertiary/aromatic N) is 1. The second kappa shape index (κ2) is 11.7. The van der Waals surface area contributed by atoms with Crippen molar-refractivity contribution < 1.29 is 18.7 Å². The van der Waals surface area contributed by atoms with E-state index < -0.39 is 0 Å². The van der Waals surface area contributed by atoms with E-state index in [9.17, 15) is 14.0 Å². The first-order valence-corrected chi connectivity index (χ1v) is 10.8. The van der Waals surface area contributed by atoms with Gasteiger partial charge in [-0.15, -0.1) is 11.8 Å². The Morgan fingerprint density at radius 2 is 1.66 bits per heavy atom. The highest BCUT2D eigenvalue weighted by atomic mass is 32.2. The number of benzene rings is 3. The normalized spacial score (nSPS) is 10.7. The second-order valence-electron chi connectivity index (χ2n) is 6.81. The molecule has 0 spiro atoms. The van der Waals surface area contributed by atoms with Crippen molar-refractivity contribution in [3.63, 3.8) is 0 Å². The Bertz CT molecular complexity index is 1070. The number of rotatable bonds is 9. The molecule has 6 nitrogen and oxygen atoms in total. The lowest BCUT2D eigenvalue weighted by Crippen LogP contribution is -2.20. The van der Waals surface area contributed by atoms with Crippen LogP contribution in [0.2, 0.25) is 0 Å². The van der Waals surface area contributed by atoms with Gasteiger partial charge in [-0.25, -0.2) is 9.82 Å². The molecule has 0 saturated heterocycles. The van der Waals surface area contributed by atoms with Crippen LogP contribution in [0.15, 0.2) is 82.8 Å². The summed E-state index contributed by atoms with van der Waals surface area (Å²) in [5, 5.41) is 6.57. The SMILES string of the molecule is Cc1ccc(SCC(=O)NN=Cc2ccc(OCC(=O)Nc3ccc(F)cc3)cc2)cc1. The van der Waals surface area contributed by atoms with E-state index in [2.05, 4.69) is 15.8 Å². The summed E-state index contributed by atoms with van der Waals surface area (Å²) < 4.78 is 18.3. The molecule has 164 valence electrons. The van der Waals surface area contributed by atoms with Crippen LogP contribution >= 0.6 is 11.8 Å². The van der Waals surface area contributed by atoms with Crippen molar-refractivity contribution in [3.8, 4) is 5.75 Å². The molecule has 2 N–H and O–H groups in total. The largest absolute Gasteiger partial charge is 0.484 e. The monoisotopic (exact) mass is 451 g/mol. The lowest BCUT2D eigenvalue weighted by molar-refractivity contribution is -0.119. The zero-order valence-corrected chi connectivity index (χ0v) is 18.2. The number of ether oxygens (including phenoxy) is 1. The third-order valence-electron chi connectivity index (χ3n) is 4.17. The predicted octanol–water partition coefficient (Wildman–Crippen LogP) is 4.39. The van der Waals surface area contributed by atoms with E-state index in [1.54, 1.807) is 24.3 Å². The molecule has 0 aromatic heterocycles. The molecule has 0 bridgehead atoms. The van der Waals surface area contributed by atoms with Gasteiger partial charge in [0.15, 0.2) is 6.61 Å². The summed E-state index contributed by atoms with van der Waals surface area (Å²) in [4.78, 5) is 24.8. The van der Waals surface area contributed by atoms with Gasteiger partial charge in [0.25, 0.3) is 5.91 Å². The maximum absolute atomic E-state index is 12.9. The highest BCUT2D eigenvalue weighted by Crippen LogP contribution is 2.17. The summed E-state index contributed by atoms with van der Waals surface area (Å²) in [6, 6.07) is 20.3. The van der Waals surface area contributed by atoms with Gasteiger partial charge in [-0.05, 0) is 73.2 Å². The number of hydrogen-bond acceptors (Lipinski definition) is 5. The minimum atomic E-state index is -0.372. The smallest absolute Gasteiger partial charge is 0.262 e. The van der Waals surface area contributed by atoms with Crippen LogP contribution in [-0.2, 0) is 9.59 Å². The van der Waals surface area contributed by atoms with Gasteiger partial charge in [-0.3, -0.25) is 9.59 Å². The number of carbonyl (C=O) groups is 2. The van der Waals surface area contributed by atoms with E-state index in [-0.39, 0.29) is 30.0 Å². The zero-order chi connectivity index (χ0) is 22.8. The molecule has 0 aliphatic heterocycles. The molecule has 3 aromatic carbocycles. The Morgan fingerprint density at radius 3 is 2.34 bits per heavy atom. The van der Waals surface area contributed by atoms with Crippen LogP contribution in [-0.4, -0.2) is 30.4 Å². The van der Waals surface area contributed by atoms with Crippen LogP contribution in [0.25, 0.3) is 0 Å². The maximum atomic E-state index is 12.9. The van der Waals surface area contributed by atoms with Crippen molar-refractivity contribution in [2.75, 3.05) is 17.7 Å². The van der Waals surface area contributed by atoms with Crippen molar-refractivity contribution in [2.45, 2.75) is 11.8 Å². The first-order valence-electron chi connectivity index (χ1n) is 9.77. The fourth-order valence-corrected chi connectivity index (χ4v) is 3.21. The highest BCUT2D eigenvalue weighted by molar-refractivity contribution is 8.00. The third kappa shape index (κ3) is 7.88. The van der Waals surface area contributed by atoms with Gasteiger partial charge in [-0.2, -0.15) is 5.10 Å². The number of thioether (sulfide) groups is 1. The van der Waals surface area contributed by atoms with E-state index in [1.807, 2.05) is 31.2 Å². The summed E-state index contributed by atoms with van der Waals surface area (Å²) in [5.74, 6) is -0.140. The number of hydrazone groups is 1. The van der Waals surface area contributed by atoms with Crippen LogP contribution < -0.4 is 15.5 Å². The molecule has 0 aliphatic carbocycles. The van der Waals surface area contributed by atoms with Crippen molar-refractivity contribution in [1.29, 1.82) is 0 Å². The molecular weight excluding hydrogens is 429 g/mol. The van der Waals surface area contributed by atoms with E-state index in [4.69, 9.17) is 4.74 Å². The molecule has 0 heterocycles. The standard InChI is InChI=1S/C24H22FN3O3S/c1-17-2-12-22(13-3-17)32-16-24(30)28-26-14-18-4-10-21(11-5-18)31-15-23(29)27-20-8-6-19(25)7-9-20/h2-14H,15-16H2,1H3,(H,27,29)(H,28,30). The quantitative estimate of drug-likeness (QED) is 0.287. The fraction of sp³-hybridized carbons (Fsp3) is 0.125. The van der Waals surface area contributed by atoms with Crippen LogP contribution in [0.3, 0.4) is 0 Å². The summed E-state index contributed by atoms with van der Waals surface area (Å²) in [7, 11) is 0. The minimum Gasteiger partial charge on any atom is -0.484 e. The second-order valence-corrected chi connectivity index (χ2v) is 7.86. The van der Waals surface area contributed by atoms with Gasteiger partial charge in [0.05, 0.1) is 12.0 Å². The summed E-state index contributed by atoms with van der Waals surface area (Å²) in [6.07, 6.45) is 1.53. The van der Waals surface area contributed by atoms with Crippen molar-refractivity contribution in [2.24, 2.45) is 5.10 Å². The van der Waals surface area contributed by atoms with Gasteiger partial charge in [-0.1, -0.05) is 17.7 Å². The number of amides is 2. The number of carbonyl (C=O) groups excluding carboxylic acids is 2. The van der Waals surface area contributed by atoms with E-state index >= 15 is 0 Å². The average Bonchev–Trinajstić information content (AvgIpc) is 2.80. The van der Waals surface area contributed by atoms with Gasteiger partial charge >= 0.3 is 0 Å². The van der Waals surface area contributed by atoms with Crippen LogP contribution in [0, 0.1) is 12.7 Å². The average molecular weight is 452 g/mol. The lowest BCUT2D eigenvalue weighted by atomic mass is 10.2. The summed E-state index contributed by atoms with van der Waals surface area (Å²) in [6.45, 7) is 1.83. The van der Waals surface area contributed by atoms with Gasteiger partial charge in [0, 0.05) is 10.6 Å². The molecule has 0 atom stereocenters. The van der Waals surface area contributed by atoms with Crippen LogP contribution in [0.5, 0.6) is 5.75 Å². The molecular formula is C24H22FN3O3S. The van der Waals surface area contributed by atoms with E-state index in [0.717, 1.165) is 10.5 Å². The molecule has 0 aliphatic rings. The zero-order valence-electron chi connectivity index (χ0n) is 17.4. The molecule has 0 unspecified atom stereocenters. The van der Waals surface area contributed by atoms with Crippen molar-refractivity contribution in [3.05, 3.63) is 89.7 Å². The molecule has 8 heteroatoms. The first kappa shape index (κ1) is 23.0. The molecule has 0 saturated carbocycles. The van der Waals surface area contributed by atoms with E-state index in [0.29, 0.717) is 11.4 Å². The molecule has 0 radical (unpaired) electrons. The van der Waals surface area contributed by atoms with Gasteiger partial charge < -0.3 is 10.1 Å². The first-order chi connectivity index (χ1) is 15.5. The predicted molar refractivity (Wildman–Crippen MR) is 125 cm³/mol. The maximum Gasteiger partial charge on any atom is 0.262 e. The Kier molecular flexibility index (Phi) is 8.39. The Morgan fingerprint density at radius 1 is 0.969 bits per heavy atom. The van der Waals surface area contributed by atoms with Crippen molar-refractivity contribution >= 4 is 35.5 Å². The minimum absolute atomic E-state index is 0.181. The van der Waals surface area contributed by atoms with Crippen LogP contribution in [0.1, 0.15) is 11.1 Å². The molecule has 32 heavy (non-hydrogen) atoms.